The van der Waals surface area contributed by atoms with Gasteiger partial charge in [0.15, 0.2) is 0 Å². The summed E-state index contributed by atoms with van der Waals surface area (Å²) in [6.45, 7) is 12.8. The Morgan fingerprint density at radius 3 is 1.70 bits per heavy atom. The van der Waals surface area contributed by atoms with Gasteiger partial charge in [0, 0.05) is 5.92 Å². The van der Waals surface area contributed by atoms with Gasteiger partial charge in [-0.1, -0.05) is 91.5 Å². The Bertz CT molecular complexity index is 992. The topological polar surface area (TPSA) is 18.5 Å². The molecule has 1 heterocycles. The molecule has 0 aliphatic carbocycles. The second-order valence-corrected chi connectivity index (χ2v) is 8.99. The Kier molecular flexibility index (Phi) is 5.44. The van der Waals surface area contributed by atoms with Gasteiger partial charge in [-0.25, -0.2) is 0 Å². The normalized spacial score (nSPS) is 18.2. The monoisotopic (exact) mass is 396 g/mol. The van der Waals surface area contributed by atoms with Crippen molar-refractivity contribution in [2.45, 2.75) is 44.8 Å². The number of hydrogen-bond donors (Lipinski definition) is 0. The number of hydrogen-bond acceptors (Lipinski definition) is 2. The molecule has 1 saturated heterocycles. The highest BCUT2D eigenvalue weighted by Crippen LogP contribution is 2.38. The Labute approximate surface area is 180 Å². The lowest BCUT2D eigenvalue weighted by atomic mass is 9.76. The van der Waals surface area contributed by atoms with Gasteiger partial charge in [-0.05, 0) is 55.4 Å². The molecule has 1 aliphatic rings. The zero-order valence-electron chi connectivity index (χ0n) is 18.3. The molecule has 3 aromatic rings. The van der Waals surface area contributed by atoms with Crippen LogP contribution >= 0.6 is 0 Å². The minimum absolute atomic E-state index is 0.0842. The molecular formula is C27H29BO2. The summed E-state index contributed by atoms with van der Waals surface area (Å²) < 4.78 is 12.4. The van der Waals surface area contributed by atoms with Crippen molar-refractivity contribution in [3.05, 3.63) is 108 Å². The quantitative estimate of drug-likeness (QED) is 0.505. The van der Waals surface area contributed by atoms with E-state index < -0.39 is 0 Å². The summed E-state index contributed by atoms with van der Waals surface area (Å²) in [6.07, 6.45) is 0. The van der Waals surface area contributed by atoms with Crippen molar-refractivity contribution >= 4 is 18.2 Å². The molecule has 0 amide bonds. The Morgan fingerprint density at radius 2 is 1.17 bits per heavy atom. The molecule has 0 aromatic heterocycles. The van der Waals surface area contributed by atoms with Crippen LogP contribution in [0.2, 0.25) is 0 Å². The van der Waals surface area contributed by atoms with Crippen LogP contribution in [0.25, 0.3) is 5.57 Å². The van der Waals surface area contributed by atoms with E-state index in [-0.39, 0.29) is 24.2 Å². The predicted molar refractivity (Wildman–Crippen MR) is 126 cm³/mol. The summed E-state index contributed by atoms with van der Waals surface area (Å²) in [5.41, 5.74) is 5.03. The molecule has 152 valence electrons. The summed E-state index contributed by atoms with van der Waals surface area (Å²) >= 11 is 0. The van der Waals surface area contributed by atoms with Gasteiger partial charge in [0.1, 0.15) is 0 Å². The van der Waals surface area contributed by atoms with Crippen LogP contribution in [0, 0.1) is 0 Å². The Balaban J connectivity index is 1.66. The maximum absolute atomic E-state index is 6.21. The highest BCUT2D eigenvalue weighted by Gasteiger charge is 2.51. The molecule has 2 nitrogen and oxygen atoms in total. The first kappa shape index (κ1) is 20.6. The van der Waals surface area contributed by atoms with Crippen molar-refractivity contribution in [2.75, 3.05) is 0 Å². The fourth-order valence-corrected chi connectivity index (χ4v) is 3.88. The van der Waals surface area contributed by atoms with E-state index in [2.05, 4.69) is 107 Å². The zero-order chi connectivity index (χ0) is 21.4. The summed E-state index contributed by atoms with van der Waals surface area (Å²) in [5, 5.41) is 0. The van der Waals surface area contributed by atoms with Crippen LogP contribution in [-0.4, -0.2) is 18.3 Å². The van der Waals surface area contributed by atoms with E-state index in [4.69, 9.17) is 9.31 Å². The van der Waals surface area contributed by atoms with Crippen LogP contribution in [0.1, 0.15) is 50.3 Å². The molecular weight excluding hydrogens is 367 g/mol. The lowest BCUT2D eigenvalue weighted by Gasteiger charge is -2.32. The molecule has 0 bridgehead atoms. The first-order valence-corrected chi connectivity index (χ1v) is 10.5. The molecule has 30 heavy (non-hydrogen) atoms. The molecule has 1 atom stereocenters. The SMILES string of the molecule is C=C(c1ccccc1)C(c1ccccc1)c1ccc(B2OC(C)(C)C(C)(C)O2)cc1. The lowest BCUT2D eigenvalue weighted by molar-refractivity contribution is 0.00578. The lowest BCUT2D eigenvalue weighted by Crippen LogP contribution is -2.41. The van der Waals surface area contributed by atoms with E-state index >= 15 is 0 Å². The zero-order valence-corrected chi connectivity index (χ0v) is 18.3. The second kappa shape index (κ2) is 7.90. The highest BCUT2D eigenvalue weighted by molar-refractivity contribution is 6.62. The fraction of sp³-hybridized carbons (Fsp3) is 0.259. The maximum atomic E-state index is 6.21. The molecule has 1 unspecified atom stereocenters. The highest BCUT2D eigenvalue weighted by atomic mass is 16.7. The molecule has 1 aliphatic heterocycles. The van der Waals surface area contributed by atoms with Crippen LogP contribution in [0.5, 0.6) is 0 Å². The predicted octanol–water partition coefficient (Wildman–Crippen LogP) is 5.83. The second-order valence-electron chi connectivity index (χ2n) is 8.99. The largest absolute Gasteiger partial charge is 0.494 e. The minimum Gasteiger partial charge on any atom is -0.399 e. The van der Waals surface area contributed by atoms with Gasteiger partial charge in [0.05, 0.1) is 11.2 Å². The average Bonchev–Trinajstić information content (AvgIpc) is 2.97. The molecule has 4 rings (SSSR count). The van der Waals surface area contributed by atoms with E-state index in [0.29, 0.717) is 0 Å². The molecule has 0 spiro atoms. The molecule has 3 aromatic carbocycles. The van der Waals surface area contributed by atoms with Crippen LogP contribution in [0.4, 0.5) is 0 Å². The third-order valence-electron chi connectivity index (χ3n) is 6.42. The molecule has 0 N–H and O–H groups in total. The molecule has 0 saturated carbocycles. The van der Waals surface area contributed by atoms with E-state index in [1.54, 1.807) is 0 Å². The van der Waals surface area contributed by atoms with E-state index in [1.807, 2.05) is 12.1 Å². The Morgan fingerprint density at radius 1 is 0.700 bits per heavy atom. The van der Waals surface area contributed by atoms with Crippen LogP contribution in [0.15, 0.2) is 91.5 Å². The van der Waals surface area contributed by atoms with Crippen molar-refractivity contribution in [1.29, 1.82) is 0 Å². The Hall–Kier alpha value is -2.62. The van der Waals surface area contributed by atoms with Crippen LogP contribution in [0.3, 0.4) is 0 Å². The standard InChI is InChI=1S/C27H29BO2/c1-20(21-12-8-6-9-13-21)25(22-14-10-7-11-15-22)23-16-18-24(19-17-23)28-29-26(2,3)27(4,5)30-28/h6-19,25H,1H2,2-5H3. The van der Waals surface area contributed by atoms with Crippen molar-refractivity contribution in [3.8, 4) is 0 Å². The smallest absolute Gasteiger partial charge is 0.399 e. The molecule has 0 radical (unpaired) electrons. The minimum atomic E-state index is -0.350. The van der Waals surface area contributed by atoms with Crippen molar-refractivity contribution in [3.63, 3.8) is 0 Å². The number of benzene rings is 3. The van der Waals surface area contributed by atoms with E-state index in [0.717, 1.165) is 16.6 Å². The number of allylic oxidation sites excluding steroid dienone is 1. The van der Waals surface area contributed by atoms with Gasteiger partial charge in [-0.3, -0.25) is 0 Å². The summed E-state index contributed by atoms with van der Waals surface area (Å²) in [4.78, 5) is 0. The third-order valence-corrected chi connectivity index (χ3v) is 6.42. The molecule has 1 fully saturated rings. The summed E-state index contributed by atoms with van der Waals surface area (Å²) in [7, 11) is -0.350. The van der Waals surface area contributed by atoms with Gasteiger partial charge in [-0.2, -0.15) is 0 Å². The summed E-state index contributed by atoms with van der Waals surface area (Å²) in [6, 6.07) is 29.5. The fourth-order valence-electron chi connectivity index (χ4n) is 3.88. The first-order chi connectivity index (χ1) is 14.3. The average molecular weight is 396 g/mol. The van der Waals surface area contributed by atoms with Crippen molar-refractivity contribution in [1.82, 2.24) is 0 Å². The first-order valence-electron chi connectivity index (χ1n) is 10.5. The maximum Gasteiger partial charge on any atom is 0.494 e. The van der Waals surface area contributed by atoms with Gasteiger partial charge < -0.3 is 9.31 Å². The molecule has 3 heteroatoms. The van der Waals surface area contributed by atoms with Crippen molar-refractivity contribution < 1.29 is 9.31 Å². The van der Waals surface area contributed by atoms with E-state index in [9.17, 15) is 0 Å². The van der Waals surface area contributed by atoms with Gasteiger partial charge in [-0.15, -0.1) is 0 Å². The summed E-state index contributed by atoms with van der Waals surface area (Å²) in [5.74, 6) is 0.0842. The van der Waals surface area contributed by atoms with E-state index in [1.165, 1.54) is 11.1 Å². The van der Waals surface area contributed by atoms with Crippen LogP contribution in [-0.2, 0) is 9.31 Å². The number of rotatable bonds is 5. The van der Waals surface area contributed by atoms with Gasteiger partial charge in [0.25, 0.3) is 0 Å². The van der Waals surface area contributed by atoms with Crippen molar-refractivity contribution in [2.24, 2.45) is 0 Å². The van der Waals surface area contributed by atoms with Gasteiger partial charge in [0.2, 0.25) is 0 Å². The third kappa shape index (κ3) is 3.88. The van der Waals surface area contributed by atoms with Crippen LogP contribution < -0.4 is 5.46 Å². The van der Waals surface area contributed by atoms with Gasteiger partial charge >= 0.3 is 7.12 Å².